The molecule has 118 valence electrons. The van der Waals surface area contributed by atoms with Crippen molar-refractivity contribution in [3.05, 3.63) is 28.9 Å². The van der Waals surface area contributed by atoms with Gasteiger partial charge in [0.05, 0.1) is 11.8 Å². The Morgan fingerprint density at radius 2 is 1.91 bits per heavy atom. The number of nitrogens with one attached hydrogen (secondary N) is 1. The van der Waals surface area contributed by atoms with Crippen LogP contribution in [-0.4, -0.2) is 38.1 Å². The van der Waals surface area contributed by atoms with Crippen molar-refractivity contribution in [2.24, 2.45) is 0 Å². The summed E-state index contributed by atoms with van der Waals surface area (Å²) in [5.74, 6) is 0. The lowest BCUT2D eigenvalue weighted by molar-refractivity contribution is 0.0546. The maximum Gasteiger partial charge on any atom is 0.277 e. The van der Waals surface area contributed by atoms with Crippen molar-refractivity contribution in [1.29, 1.82) is 0 Å². The summed E-state index contributed by atoms with van der Waals surface area (Å²) in [6.45, 7) is 3.16. The molecule has 0 radical (unpaired) electrons. The molecular formula is C17H24N4O. The standard InChI is InChI=1S/C17H24N4O/c22-16-15-14(6-9-18-15)19-13-20(16)12-17(7-2-3-8-17)21-10-4-1-5-11-21/h6,9,13,18H,1-5,7-8,10-12H2. The molecule has 2 aromatic heterocycles. The highest BCUT2D eigenvalue weighted by Gasteiger charge is 2.40. The van der Waals surface area contributed by atoms with Crippen LogP contribution >= 0.6 is 0 Å². The van der Waals surface area contributed by atoms with E-state index in [1.807, 2.05) is 10.6 Å². The Bertz CT molecular complexity index is 705. The summed E-state index contributed by atoms with van der Waals surface area (Å²) in [6.07, 6.45) is 12.5. The van der Waals surface area contributed by atoms with Gasteiger partial charge in [-0.3, -0.25) is 14.3 Å². The minimum atomic E-state index is 0.0679. The van der Waals surface area contributed by atoms with Gasteiger partial charge in [0.15, 0.2) is 0 Å². The molecule has 5 heteroatoms. The summed E-state index contributed by atoms with van der Waals surface area (Å²) in [6, 6.07) is 1.86. The molecular weight excluding hydrogens is 276 g/mol. The quantitative estimate of drug-likeness (QED) is 0.947. The second-order valence-electron chi connectivity index (χ2n) is 6.89. The Morgan fingerprint density at radius 1 is 1.14 bits per heavy atom. The molecule has 1 N–H and O–H groups in total. The van der Waals surface area contributed by atoms with Gasteiger partial charge in [0.2, 0.25) is 0 Å². The van der Waals surface area contributed by atoms with E-state index in [-0.39, 0.29) is 11.1 Å². The first-order chi connectivity index (χ1) is 10.8. The normalized spacial score (nSPS) is 22.4. The molecule has 2 fully saturated rings. The Kier molecular flexibility index (Phi) is 3.53. The number of fused-ring (bicyclic) bond motifs is 1. The van der Waals surface area contributed by atoms with Crippen LogP contribution in [-0.2, 0) is 6.54 Å². The van der Waals surface area contributed by atoms with Gasteiger partial charge in [-0.05, 0) is 44.8 Å². The smallest absolute Gasteiger partial charge is 0.277 e. The molecule has 4 rings (SSSR count). The molecule has 0 bridgehead atoms. The van der Waals surface area contributed by atoms with Gasteiger partial charge in [0.25, 0.3) is 5.56 Å². The first-order valence-electron chi connectivity index (χ1n) is 8.56. The van der Waals surface area contributed by atoms with Crippen molar-refractivity contribution in [3.8, 4) is 0 Å². The molecule has 22 heavy (non-hydrogen) atoms. The van der Waals surface area contributed by atoms with E-state index in [1.54, 1.807) is 12.5 Å². The second-order valence-corrected chi connectivity index (χ2v) is 6.89. The fourth-order valence-electron chi connectivity index (χ4n) is 4.37. The summed E-state index contributed by atoms with van der Waals surface area (Å²) in [7, 11) is 0. The number of aromatic amines is 1. The highest BCUT2D eigenvalue weighted by Crippen LogP contribution is 2.38. The van der Waals surface area contributed by atoms with E-state index in [2.05, 4.69) is 14.9 Å². The molecule has 2 aromatic rings. The number of likely N-dealkylation sites (tertiary alicyclic amines) is 1. The highest BCUT2D eigenvalue weighted by atomic mass is 16.1. The van der Waals surface area contributed by atoms with Crippen molar-refractivity contribution >= 4 is 11.0 Å². The van der Waals surface area contributed by atoms with Crippen LogP contribution in [0.4, 0.5) is 0 Å². The third-order valence-corrected chi connectivity index (χ3v) is 5.56. The van der Waals surface area contributed by atoms with Gasteiger partial charge >= 0.3 is 0 Å². The fourth-order valence-corrected chi connectivity index (χ4v) is 4.37. The number of hydrogen-bond donors (Lipinski definition) is 1. The molecule has 0 amide bonds. The lowest BCUT2D eigenvalue weighted by Gasteiger charge is -2.43. The van der Waals surface area contributed by atoms with Gasteiger partial charge in [0.1, 0.15) is 5.52 Å². The average molecular weight is 300 g/mol. The SMILES string of the molecule is O=c1c2[nH]ccc2ncn1CC1(N2CCCCC2)CCCC1. The van der Waals surface area contributed by atoms with Crippen LogP contribution in [0.5, 0.6) is 0 Å². The van der Waals surface area contributed by atoms with Crippen molar-refractivity contribution in [2.75, 3.05) is 13.1 Å². The number of piperidine rings is 1. The molecule has 1 saturated carbocycles. The van der Waals surface area contributed by atoms with E-state index in [4.69, 9.17) is 0 Å². The summed E-state index contributed by atoms with van der Waals surface area (Å²) in [5, 5.41) is 0. The Morgan fingerprint density at radius 3 is 2.68 bits per heavy atom. The first kappa shape index (κ1) is 14.0. The van der Waals surface area contributed by atoms with Gasteiger partial charge in [-0.1, -0.05) is 19.3 Å². The molecule has 2 aliphatic rings. The molecule has 1 aliphatic carbocycles. The summed E-state index contributed by atoms with van der Waals surface area (Å²) >= 11 is 0. The third kappa shape index (κ3) is 2.28. The first-order valence-corrected chi connectivity index (χ1v) is 8.56. The Labute approximate surface area is 130 Å². The van der Waals surface area contributed by atoms with Crippen LogP contribution < -0.4 is 5.56 Å². The number of hydrogen-bond acceptors (Lipinski definition) is 3. The lowest BCUT2D eigenvalue weighted by Crippen LogP contribution is -2.52. The fraction of sp³-hybridized carbons (Fsp3) is 0.647. The predicted octanol–water partition coefficient (Wildman–Crippen LogP) is 2.52. The number of aromatic nitrogens is 3. The highest BCUT2D eigenvalue weighted by molar-refractivity contribution is 5.73. The number of nitrogens with zero attached hydrogens (tertiary/aromatic N) is 3. The minimum absolute atomic E-state index is 0.0679. The summed E-state index contributed by atoms with van der Waals surface area (Å²) in [5.41, 5.74) is 1.64. The largest absolute Gasteiger partial charge is 0.355 e. The summed E-state index contributed by atoms with van der Waals surface area (Å²) in [4.78, 5) is 22.8. The second kappa shape index (κ2) is 5.54. The number of rotatable bonds is 3. The van der Waals surface area contributed by atoms with Crippen LogP contribution in [0.1, 0.15) is 44.9 Å². The van der Waals surface area contributed by atoms with Crippen LogP contribution in [0.25, 0.3) is 11.0 Å². The zero-order chi connectivity index (χ0) is 15.0. The van der Waals surface area contributed by atoms with Crippen molar-refractivity contribution in [1.82, 2.24) is 19.4 Å². The molecule has 0 atom stereocenters. The monoisotopic (exact) mass is 300 g/mol. The maximum atomic E-state index is 12.7. The van der Waals surface area contributed by atoms with E-state index in [1.165, 1.54) is 58.0 Å². The van der Waals surface area contributed by atoms with E-state index in [0.29, 0.717) is 5.52 Å². The van der Waals surface area contributed by atoms with Gasteiger partial charge < -0.3 is 4.98 Å². The van der Waals surface area contributed by atoms with Gasteiger partial charge in [-0.2, -0.15) is 0 Å². The van der Waals surface area contributed by atoms with Crippen molar-refractivity contribution in [2.45, 2.75) is 57.0 Å². The molecule has 1 aliphatic heterocycles. The third-order valence-electron chi connectivity index (χ3n) is 5.56. The van der Waals surface area contributed by atoms with Gasteiger partial charge in [-0.15, -0.1) is 0 Å². The van der Waals surface area contributed by atoms with Crippen LogP contribution in [0.3, 0.4) is 0 Å². The summed E-state index contributed by atoms with van der Waals surface area (Å²) < 4.78 is 1.83. The average Bonchev–Trinajstić information content (AvgIpc) is 3.21. The number of H-pyrrole nitrogens is 1. The molecule has 0 spiro atoms. The lowest BCUT2D eigenvalue weighted by atomic mass is 9.92. The zero-order valence-electron chi connectivity index (χ0n) is 13.1. The van der Waals surface area contributed by atoms with E-state index in [9.17, 15) is 4.79 Å². The van der Waals surface area contributed by atoms with Crippen LogP contribution in [0.2, 0.25) is 0 Å². The van der Waals surface area contributed by atoms with Crippen LogP contribution in [0, 0.1) is 0 Å². The topological polar surface area (TPSA) is 53.9 Å². The molecule has 5 nitrogen and oxygen atoms in total. The minimum Gasteiger partial charge on any atom is -0.355 e. The zero-order valence-corrected chi connectivity index (χ0v) is 13.1. The van der Waals surface area contributed by atoms with Gasteiger partial charge in [-0.25, -0.2) is 4.98 Å². The van der Waals surface area contributed by atoms with Crippen molar-refractivity contribution in [3.63, 3.8) is 0 Å². The Hall–Kier alpha value is -1.62. The maximum absolute atomic E-state index is 12.7. The predicted molar refractivity (Wildman–Crippen MR) is 87.0 cm³/mol. The van der Waals surface area contributed by atoms with E-state index >= 15 is 0 Å². The van der Waals surface area contributed by atoms with E-state index in [0.717, 1.165) is 12.1 Å². The van der Waals surface area contributed by atoms with Crippen LogP contribution in [0.15, 0.2) is 23.4 Å². The van der Waals surface area contributed by atoms with Gasteiger partial charge in [0, 0.05) is 18.3 Å². The molecule has 0 aromatic carbocycles. The molecule has 3 heterocycles. The molecule has 0 unspecified atom stereocenters. The van der Waals surface area contributed by atoms with E-state index < -0.39 is 0 Å². The molecule has 1 saturated heterocycles. The Balaban J connectivity index is 1.68. The van der Waals surface area contributed by atoms with Crippen molar-refractivity contribution < 1.29 is 0 Å².